The van der Waals surface area contributed by atoms with Crippen molar-refractivity contribution in [3.05, 3.63) is 0 Å². The van der Waals surface area contributed by atoms with Crippen LogP contribution in [-0.4, -0.2) is 67.9 Å². The third-order valence-electron chi connectivity index (χ3n) is 5.06. The molecule has 0 aromatic heterocycles. The van der Waals surface area contributed by atoms with Crippen molar-refractivity contribution in [1.29, 1.82) is 0 Å². The molecule has 2 saturated carbocycles. The molecule has 2 atom stereocenters. The smallest absolute Gasteiger partial charge is 0.317 e. The molecule has 0 bridgehead atoms. The van der Waals surface area contributed by atoms with Crippen LogP contribution in [0.2, 0.25) is 0 Å². The average Bonchev–Trinajstić information content (AvgIpc) is 2.98. The summed E-state index contributed by atoms with van der Waals surface area (Å²) in [4.78, 5) is 24.4. The van der Waals surface area contributed by atoms with Gasteiger partial charge >= 0.3 is 11.9 Å². The van der Waals surface area contributed by atoms with E-state index in [0.717, 1.165) is 0 Å². The van der Waals surface area contributed by atoms with Gasteiger partial charge in [-0.05, 0) is 32.2 Å². The first-order valence-electron chi connectivity index (χ1n) is 8.33. The van der Waals surface area contributed by atoms with E-state index in [1.807, 2.05) is 11.8 Å². The van der Waals surface area contributed by atoms with E-state index in [1.54, 1.807) is 0 Å². The molecule has 2 rings (SSSR count). The van der Waals surface area contributed by atoms with Crippen molar-refractivity contribution >= 4 is 22.0 Å². The van der Waals surface area contributed by atoms with Gasteiger partial charge in [0, 0.05) is 12.1 Å². The fourth-order valence-corrected chi connectivity index (χ4v) is 5.68. The Labute approximate surface area is 142 Å². The first kappa shape index (κ1) is 19.1. The fourth-order valence-electron chi connectivity index (χ4n) is 3.69. The standard InChI is InChI=1S/C15H26N2O6S/c1-3-17(9-14(18)19)11-7-10(8-11)16-24(21,22)13-6-4-5-12(13)15(20)23-2/h10-13,16H,3-9H2,1-2H3,(H,18,19). The summed E-state index contributed by atoms with van der Waals surface area (Å²) in [5.74, 6) is -1.94. The van der Waals surface area contributed by atoms with Gasteiger partial charge in [0.1, 0.15) is 0 Å². The summed E-state index contributed by atoms with van der Waals surface area (Å²) < 4.78 is 32.5. The molecule has 2 fully saturated rings. The molecule has 0 heterocycles. The number of sulfonamides is 1. The average molecular weight is 362 g/mol. The minimum Gasteiger partial charge on any atom is -0.480 e. The molecule has 0 radical (unpaired) electrons. The molecule has 8 nitrogen and oxygen atoms in total. The van der Waals surface area contributed by atoms with Crippen LogP contribution in [0.3, 0.4) is 0 Å². The lowest BCUT2D eigenvalue weighted by atomic mass is 9.86. The highest BCUT2D eigenvalue weighted by molar-refractivity contribution is 7.90. The lowest BCUT2D eigenvalue weighted by Gasteiger charge is -2.42. The van der Waals surface area contributed by atoms with Crippen molar-refractivity contribution in [2.45, 2.75) is 56.4 Å². The highest BCUT2D eigenvalue weighted by Crippen LogP contribution is 2.33. The number of nitrogens with zero attached hydrogens (tertiary/aromatic N) is 1. The summed E-state index contributed by atoms with van der Waals surface area (Å²) in [6.45, 7) is 2.47. The minimum absolute atomic E-state index is 0.0341. The number of methoxy groups -OCH3 is 1. The van der Waals surface area contributed by atoms with E-state index in [0.29, 0.717) is 38.6 Å². The summed E-state index contributed by atoms with van der Waals surface area (Å²) >= 11 is 0. The van der Waals surface area contributed by atoms with E-state index in [9.17, 15) is 18.0 Å². The van der Waals surface area contributed by atoms with Gasteiger partial charge in [-0.3, -0.25) is 14.5 Å². The molecule has 0 spiro atoms. The summed E-state index contributed by atoms with van der Waals surface area (Å²) in [5.41, 5.74) is 0. The first-order chi connectivity index (χ1) is 11.3. The molecule has 24 heavy (non-hydrogen) atoms. The van der Waals surface area contributed by atoms with Crippen LogP contribution in [-0.2, 0) is 24.3 Å². The second kappa shape index (κ2) is 7.79. The topological polar surface area (TPSA) is 113 Å². The molecular formula is C15H26N2O6S. The summed E-state index contributed by atoms with van der Waals surface area (Å²) in [6.07, 6.45) is 2.88. The molecule has 2 aliphatic rings. The van der Waals surface area contributed by atoms with E-state index in [1.165, 1.54) is 7.11 Å². The third-order valence-corrected chi connectivity index (χ3v) is 7.08. The van der Waals surface area contributed by atoms with Crippen LogP contribution in [0, 0.1) is 5.92 Å². The molecule has 138 valence electrons. The Morgan fingerprint density at radius 2 is 1.96 bits per heavy atom. The Morgan fingerprint density at radius 1 is 1.29 bits per heavy atom. The Bertz CT molecular complexity index is 573. The summed E-state index contributed by atoms with van der Waals surface area (Å²) in [5, 5.41) is 8.16. The number of aliphatic carboxylic acids is 1. The predicted molar refractivity (Wildman–Crippen MR) is 86.9 cm³/mol. The third kappa shape index (κ3) is 4.25. The zero-order valence-corrected chi connectivity index (χ0v) is 14.9. The van der Waals surface area contributed by atoms with E-state index < -0.39 is 33.1 Å². The number of nitrogens with one attached hydrogen (secondary N) is 1. The van der Waals surface area contributed by atoms with E-state index in [4.69, 9.17) is 9.84 Å². The number of likely N-dealkylation sites (N-methyl/N-ethyl adjacent to an activating group) is 1. The first-order valence-corrected chi connectivity index (χ1v) is 9.88. The van der Waals surface area contributed by atoms with Crippen molar-refractivity contribution in [1.82, 2.24) is 9.62 Å². The number of carbonyl (C=O) groups excluding carboxylic acids is 1. The van der Waals surface area contributed by atoms with E-state index >= 15 is 0 Å². The molecular weight excluding hydrogens is 336 g/mol. The van der Waals surface area contributed by atoms with Crippen molar-refractivity contribution in [2.24, 2.45) is 5.92 Å². The maximum atomic E-state index is 12.6. The van der Waals surface area contributed by atoms with Crippen LogP contribution in [0.5, 0.6) is 0 Å². The van der Waals surface area contributed by atoms with Gasteiger partial charge in [-0.2, -0.15) is 0 Å². The van der Waals surface area contributed by atoms with Gasteiger partial charge in [0.15, 0.2) is 0 Å². The SMILES string of the molecule is CCN(CC(=O)O)C1CC(NS(=O)(=O)C2CCCC2C(=O)OC)C1. The van der Waals surface area contributed by atoms with Crippen molar-refractivity contribution in [3.63, 3.8) is 0 Å². The highest BCUT2D eigenvalue weighted by Gasteiger charge is 2.44. The number of rotatable bonds is 8. The largest absolute Gasteiger partial charge is 0.480 e. The summed E-state index contributed by atoms with van der Waals surface area (Å²) in [6, 6.07) is -0.111. The lowest BCUT2D eigenvalue weighted by molar-refractivity contribution is -0.145. The maximum absolute atomic E-state index is 12.6. The number of hydrogen-bond acceptors (Lipinski definition) is 6. The van der Waals surface area contributed by atoms with Gasteiger partial charge in [0.25, 0.3) is 0 Å². The van der Waals surface area contributed by atoms with Crippen molar-refractivity contribution in [2.75, 3.05) is 20.2 Å². The zero-order valence-electron chi connectivity index (χ0n) is 14.1. The molecule has 2 unspecified atom stereocenters. The van der Waals surface area contributed by atoms with E-state index in [-0.39, 0.29) is 18.6 Å². The molecule has 0 aromatic carbocycles. The molecule has 2 aliphatic carbocycles. The molecule has 0 amide bonds. The van der Waals surface area contributed by atoms with Crippen molar-refractivity contribution < 1.29 is 27.9 Å². The van der Waals surface area contributed by atoms with Crippen LogP contribution in [0.15, 0.2) is 0 Å². The van der Waals surface area contributed by atoms with Crippen LogP contribution < -0.4 is 4.72 Å². The Balaban J connectivity index is 1.90. The predicted octanol–water partition coefficient (Wildman–Crippen LogP) is 0.185. The number of carboxylic acid groups (broad SMARTS) is 1. The van der Waals surface area contributed by atoms with Gasteiger partial charge in [-0.25, -0.2) is 13.1 Å². The fraction of sp³-hybridized carbons (Fsp3) is 0.867. The van der Waals surface area contributed by atoms with Crippen LogP contribution in [0.1, 0.15) is 39.0 Å². The number of hydrogen-bond donors (Lipinski definition) is 2. The summed E-state index contributed by atoms with van der Waals surface area (Å²) in [7, 11) is -2.32. The Kier molecular flexibility index (Phi) is 6.22. The minimum atomic E-state index is -3.59. The van der Waals surface area contributed by atoms with Crippen LogP contribution in [0.25, 0.3) is 0 Å². The van der Waals surface area contributed by atoms with E-state index in [2.05, 4.69) is 4.72 Å². The van der Waals surface area contributed by atoms with Gasteiger partial charge in [-0.15, -0.1) is 0 Å². The van der Waals surface area contributed by atoms with Gasteiger partial charge in [-0.1, -0.05) is 13.3 Å². The Hall–Kier alpha value is -1.19. The van der Waals surface area contributed by atoms with Crippen molar-refractivity contribution in [3.8, 4) is 0 Å². The normalized spacial score (nSPS) is 30.1. The number of carbonyl (C=O) groups is 2. The van der Waals surface area contributed by atoms with Gasteiger partial charge in [0.2, 0.25) is 10.0 Å². The lowest BCUT2D eigenvalue weighted by Crippen LogP contribution is -2.56. The molecule has 9 heteroatoms. The monoisotopic (exact) mass is 362 g/mol. The quantitative estimate of drug-likeness (QED) is 0.592. The second-order valence-electron chi connectivity index (χ2n) is 6.54. The molecule has 0 saturated heterocycles. The molecule has 0 aromatic rings. The second-order valence-corrected chi connectivity index (χ2v) is 8.47. The zero-order chi connectivity index (χ0) is 17.9. The highest BCUT2D eigenvalue weighted by atomic mass is 32.2. The maximum Gasteiger partial charge on any atom is 0.317 e. The number of esters is 1. The number of carboxylic acids is 1. The molecule has 0 aliphatic heterocycles. The Morgan fingerprint density at radius 3 is 2.50 bits per heavy atom. The van der Waals surface area contributed by atoms with Crippen LogP contribution >= 0.6 is 0 Å². The van der Waals surface area contributed by atoms with Gasteiger partial charge < -0.3 is 9.84 Å². The van der Waals surface area contributed by atoms with Gasteiger partial charge in [0.05, 0.1) is 24.8 Å². The number of ether oxygens (including phenoxy) is 1. The van der Waals surface area contributed by atoms with Crippen LogP contribution in [0.4, 0.5) is 0 Å². The molecule has 2 N–H and O–H groups in total.